The molecule has 0 heterocycles. The van der Waals surface area contributed by atoms with Crippen LogP contribution in [0.2, 0.25) is 0 Å². The Morgan fingerprint density at radius 3 is 1.79 bits per heavy atom. The Hall–Kier alpha value is -1.46. The molecule has 11 heteroatoms. The molecule has 138 valence electrons. The van der Waals surface area contributed by atoms with Crippen LogP contribution < -0.4 is 21.7 Å². The largest absolute Gasteiger partial charge is 0.480 e. The highest BCUT2D eigenvalue weighted by molar-refractivity contribution is 7.80. The SMILES string of the molecule is CC(C)C(NC(=O)C(CS)NC(=O)C(CS)NC(=O)CN)C(=O)O. The number of carbonyl (C=O) groups is 4. The molecule has 6 N–H and O–H groups in total. The second-order valence-corrected chi connectivity index (χ2v) is 6.05. The number of carboxylic acid groups (broad SMARTS) is 1. The first kappa shape index (κ1) is 22.5. The van der Waals surface area contributed by atoms with Crippen LogP contribution in [0.3, 0.4) is 0 Å². The van der Waals surface area contributed by atoms with Crippen molar-refractivity contribution in [3.63, 3.8) is 0 Å². The Labute approximate surface area is 151 Å². The fourth-order valence-corrected chi connectivity index (χ4v) is 2.20. The fraction of sp³-hybridized carbons (Fsp3) is 0.692. The van der Waals surface area contributed by atoms with Crippen LogP contribution >= 0.6 is 25.3 Å². The van der Waals surface area contributed by atoms with Gasteiger partial charge in [0.25, 0.3) is 0 Å². The molecule has 3 unspecified atom stereocenters. The molecule has 0 aliphatic rings. The third-order valence-electron chi connectivity index (χ3n) is 3.07. The summed E-state index contributed by atoms with van der Waals surface area (Å²) in [6.45, 7) is 3.00. The monoisotopic (exact) mass is 380 g/mol. The first-order chi connectivity index (χ1) is 11.2. The number of rotatable bonds is 10. The van der Waals surface area contributed by atoms with E-state index in [-0.39, 0.29) is 24.0 Å². The minimum atomic E-state index is -1.17. The average Bonchev–Trinajstić information content (AvgIpc) is 2.53. The van der Waals surface area contributed by atoms with Gasteiger partial charge >= 0.3 is 5.97 Å². The number of hydrogen-bond acceptors (Lipinski definition) is 7. The van der Waals surface area contributed by atoms with Gasteiger partial charge in [0, 0.05) is 11.5 Å². The van der Waals surface area contributed by atoms with E-state index < -0.39 is 41.8 Å². The number of hydrogen-bond donors (Lipinski definition) is 7. The number of aliphatic carboxylic acids is 1. The Morgan fingerprint density at radius 2 is 1.42 bits per heavy atom. The van der Waals surface area contributed by atoms with E-state index in [9.17, 15) is 19.2 Å². The van der Waals surface area contributed by atoms with Gasteiger partial charge in [-0.15, -0.1) is 0 Å². The van der Waals surface area contributed by atoms with Gasteiger partial charge in [-0.25, -0.2) is 4.79 Å². The minimum Gasteiger partial charge on any atom is -0.480 e. The topological polar surface area (TPSA) is 151 Å². The van der Waals surface area contributed by atoms with Crippen molar-refractivity contribution in [2.45, 2.75) is 32.0 Å². The summed E-state index contributed by atoms with van der Waals surface area (Å²) in [5.41, 5.74) is 5.16. The van der Waals surface area contributed by atoms with Crippen LogP contribution in [0.4, 0.5) is 0 Å². The van der Waals surface area contributed by atoms with Crippen molar-refractivity contribution in [1.82, 2.24) is 16.0 Å². The molecule has 0 spiro atoms. The van der Waals surface area contributed by atoms with Crippen molar-refractivity contribution >= 4 is 48.9 Å². The Morgan fingerprint density at radius 1 is 0.958 bits per heavy atom. The predicted molar refractivity (Wildman–Crippen MR) is 95.0 cm³/mol. The lowest BCUT2D eigenvalue weighted by Crippen LogP contribution is -2.57. The number of carbonyl (C=O) groups excluding carboxylic acids is 3. The number of nitrogens with two attached hydrogens (primary N) is 1. The van der Waals surface area contributed by atoms with Crippen molar-refractivity contribution in [2.75, 3.05) is 18.1 Å². The maximum Gasteiger partial charge on any atom is 0.326 e. The molecule has 0 bridgehead atoms. The number of thiol groups is 2. The maximum atomic E-state index is 12.2. The normalized spacial score (nSPS) is 14.4. The fourth-order valence-electron chi connectivity index (χ4n) is 1.68. The summed E-state index contributed by atoms with van der Waals surface area (Å²) < 4.78 is 0. The van der Waals surface area contributed by atoms with Crippen LogP contribution in [0.15, 0.2) is 0 Å². The summed E-state index contributed by atoms with van der Waals surface area (Å²) in [6.07, 6.45) is 0. The Kier molecular flexibility index (Phi) is 10.5. The molecular formula is C13H24N4O5S2. The molecule has 0 aromatic rings. The smallest absolute Gasteiger partial charge is 0.326 e. The van der Waals surface area contributed by atoms with Gasteiger partial charge in [0.15, 0.2) is 0 Å². The van der Waals surface area contributed by atoms with E-state index in [0.29, 0.717) is 0 Å². The van der Waals surface area contributed by atoms with Crippen molar-refractivity contribution in [2.24, 2.45) is 11.7 Å². The van der Waals surface area contributed by atoms with E-state index in [2.05, 4.69) is 41.2 Å². The second-order valence-electron chi connectivity index (χ2n) is 5.32. The van der Waals surface area contributed by atoms with Crippen molar-refractivity contribution in [3.05, 3.63) is 0 Å². The molecule has 3 amide bonds. The van der Waals surface area contributed by atoms with Crippen LogP contribution in [-0.4, -0.2) is 65.0 Å². The van der Waals surface area contributed by atoms with Gasteiger partial charge in [0.2, 0.25) is 17.7 Å². The minimum absolute atomic E-state index is 0.00221. The van der Waals surface area contributed by atoms with E-state index in [0.717, 1.165) is 0 Å². The molecule has 9 nitrogen and oxygen atoms in total. The summed E-state index contributed by atoms with van der Waals surface area (Å²) in [7, 11) is 0. The molecule has 0 radical (unpaired) electrons. The molecule has 0 aromatic heterocycles. The van der Waals surface area contributed by atoms with Crippen molar-refractivity contribution in [3.8, 4) is 0 Å². The Balaban J connectivity index is 4.88. The molecule has 0 saturated carbocycles. The van der Waals surface area contributed by atoms with E-state index in [1.165, 1.54) is 0 Å². The zero-order chi connectivity index (χ0) is 18.9. The molecule has 0 saturated heterocycles. The Bertz CT molecular complexity index is 475. The van der Waals surface area contributed by atoms with Gasteiger partial charge in [-0.3, -0.25) is 14.4 Å². The summed E-state index contributed by atoms with van der Waals surface area (Å²) >= 11 is 7.96. The first-order valence-electron chi connectivity index (χ1n) is 7.22. The molecule has 0 aliphatic carbocycles. The average molecular weight is 380 g/mol. The summed E-state index contributed by atoms with van der Waals surface area (Å²) in [5, 5.41) is 16.2. The number of nitrogens with one attached hydrogen (secondary N) is 3. The van der Waals surface area contributed by atoms with E-state index in [1.807, 2.05) is 0 Å². The first-order valence-corrected chi connectivity index (χ1v) is 8.49. The standard InChI is InChI=1S/C13H24N4O5S2/c1-6(2)10(13(21)22)17-12(20)8(5-24)16-11(19)7(4-23)15-9(18)3-14/h6-8,10,23-24H,3-5,14H2,1-2H3,(H,15,18)(H,16,19)(H,17,20)(H,21,22). The quantitative estimate of drug-likeness (QED) is 0.218. The highest BCUT2D eigenvalue weighted by Gasteiger charge is 2.29. The van der Waals surface area contributed by atoms with E-state index in [4.69, 9.17) is 10.8 Å². The summed E-state index contributed by atoms with van der Waals surface area (Å²) in [5.74, 6) is -3.42. The summed E-state index contributed by atoms with van der Waals surface area (Å²) in [4.78, 5) is 46.6. The second kappa shape index (κ2) is 11.2. The van der Waals surface area contributed by atoms with Gasteiger partial charge < -0.3 is 26.8 Å². The molecule has 0 rings (SSSR count). The molecule has 24 heavy (non-hydrogen) atoms. The molecule has 0 fully saturated rings. The van der Waals surface area contributed by atoms with Crippen molar-refractivity contribution < 1.29 is 24.3 Å². The molecular weight excluding hydrogens is 356 g/mol. The van der Waals surface area contributed by atoms with Gasteiger partial charge in [-0.1, -0.05) is 13.8 Å². The van der Waals surface area contributed by atoms with Gasteiger partial charge in [0.05, 0.1) is 6.54 Å². The summed E-state index contributed by atoms with van der Waals surface area (Å²) in [6, 6.07) is -3.12. The van der Waals surface area contributed by atoms with E-state index >= 15 is 0 Å². The van der Waals surface area contributed by atoms with Crippen LogP contribution in [0.1, 0.15) is 13.8 Å². The van der Waals surface area contributed by atoms with Gasteiger partial charge in [-0.2, -0.15) is 25.3 Å². The number of amides is 3. The van der Waals surface area contributed by atoms with E-state index in [1.54, 1.807) is 13.8 Å². The third kappa shape index (κ3) is 7.41. The zero-order valence-corrected chi connectivity index (χ0v) is 15.3. The van der Waals surface area contributed by atoms with Crippen molar-refractivity contribution in [1.29, 1.82) is 0 Å². The predicted octanol–water partition coefficient (Wildman–Crippen LogP) is -2.00. The van der Waals surface area contributed by atoms with Crippen LogP contribution in [-0.2, 0) is 19.2 Å². The lowest BCUT2D eigenvalue weighted by molar-refractivity contribution is -0.143. The van der Waals surface area contributed by atoms with Gasteiger partial charge in [-0.05, 0) is 5.92 Å². The number of carboxylic acids is 1. The lowest BCUT2D eigenvalue weighted by Gasteiger charge is -2.24. The van der Waals surface area contributed by atoms with Crippen LogP contribution in [0.25, 0.3) is 0 Å². The molecule has 0 aliphatic heterocycles. The van der Waals surface area contributed by atoms with Gasteiger partial charge in [0.1, 0.15) is 18.1 Å². The highest BCUT2D eigenvalue weighted by atomic mass is 32.1. The van der Waals surface area contributed by atoms with Crippen LogP contribution in [0, 0.1) is 5.92 Å². The lowest BCUT2D eigenvalue weighted by atomic mass is 10.0. The zero-order valence-electron chi connectivity index (χ0n) is 13.5. The van der Waals surface area contributed by atoms with Crippen LogP contribution in [0.5, 0.6) is 0 Å². The maximum absolute atomic E-state index is 12.2. The molecule has 0 aromatic carbocycles. The highest BCUT2D eigenvalue weighted by Crippen LogP contribution is 2.03. The molecule has 3 atom stereocenters. The third-order valence-corrected chi connectivity index (χ3v) is 3.80.